The Labute approximate surface area is 131 Å². The molecule has 2 aromatic rings. The van der Waals surface area contributed by atoms with Crippen LogP contribution in [-0.4, -0.2) is 41.3 Å². The molecule has 1 aromatic carbocycles. The van der Waals surface area contributed by atoms with Gasteiger partial charge in [-0.2, -0.15) is 4.98 Å². The van der Waals surface area contributed by atoms with Crippen LogP contribution in [-0.2, 0) is 4.74 Å². The van der Waals surface area contributed by atoms with E-state index in [2.05, 4.69) is 37.9 Å². The molecular formula is C14H17BrN4O2. The lowest BCUT2D eigenvalue weighted by Gasteiger charge is -2.30. The molecule has 2 heterocycles. The SMILES string of the molecule is CCN1CCOC(c2noc(-c3cc(Br)ccc3N)n2)C1. The molecular weight excluding hydrogens is 336 g/mol. The normalized spacial score (nSPS) is 19.8. The molecule has 3 rings (SSSR count). The van der Waals surface area contributed by atoms with Gasteiger partial charge >= 0.3 is 0 Å². The van der Waals surface area contributed by atoms with Crippen LogP contribution in [0.4, 0.5) is 5.69 Å². The Morgan fingerprint density at radius 3 is 3.14 bits per heavy atom. The maximum absolute atomic E-state index is 5.96. The van der Waals surface area contributed by atoms with Crippen LogP contribution in [0.2, 0.25) is 0 Å². The lowest BCUT2D eigenvalue weighted by molar-refractivity contribution is -0.0334. The van der Waals surface area contributed by atoms with Gasteiger partial charge in [0.25, 0.3) is 5.89 Å². The van der Waals surface area contributed by atoms with Gasteiger partial charge in [-0.15, -0.1) is 0 Å². The number of benzene rings is 1. The summed E-state index contributed by atoms with van der Waals surface area (Å²) in [6, 6.07) is 5.55. The van der Waals surface area contributed by atoms with E-state index in [0.29, 0.717) is 24.0 Å². The second-order valence-electron chi connectivity index (χ2n) is 4.94. The van der Waals surface area contributed by atoms with Crippen molar-refractivity contribution in [3.05, 3.63) is 28.5 Å². The number of halogens is 1. The number of hydrogen-bond donors (Lipinski definition) is 1. The smallest absolute Gasteiger partial charge is 0.260 e. The van der Waals surface area contributed by atoms with Crippen LogP contribution in [0.15, 0.2) is 27.2 Å². The molecule has 1 aliphatic heterocycles. The molecule has 7 heteroatoms. The topological polar surface area (TPSA) is 77.4 Å². The maximum atomic E-state index is 5.96. The van der Waals surface area contributed by atoms with Crippen molar-refractivity contribution in [1.29, 1.82) is 0 Å². The molecule has 0 bridgehead atoms. The molecule has 21 heavy (non-hydrogen) atoms. The number of rotatable bonds is 3. The first-order chi connectivity index (χ1) is 10.2. The summed E-state index contributed by atoms with van der Waals surface area (Å²) in [4.78, 5) is 6.75. The Balaban J connectivity index is 1.84. The summed E-state index contributed by atoms with van der Waals surface area (Å²) in [6.07, 6.45) is -0.149. The van der Waals surface area contributed by atoms with E-state index in [0.717, 1.165) is 29.7 Å². The third-order valence-corrected chi connectivity index (χ3v) is 4.07. The van der Waals surface area contributed by atoms with Gasteiger partial charge in [0, 0.05) is 23.2 Å². The Kier molecular flexibility index (Phi) is 4.23. The zero-order valence-corrected chi connectivity index (χ0v) is 13.3. The Morgan fingerprint density at radius 2 is 2.33 bits per heavy atom. The number of likely N-dealkylation sites (N-methyl/N-ethyl adjacent to an activating group) is 1. The summed E-state index contributed by atoms with van der Waals surface area (Å²) in [5.74, 6) is 0.989. The molecule has 0 amide bonds. The standard InChI is InChI=1S/C14H17BrN4O2/c1-2-19-5-6-20-12(8-19)13-17-14(21-18-13)10-7-9(15)3-4-11(10)16/h3-4,7,12H,2,5-6,8,16H2,1H3. The van der Waals surface area contributed by atoms with E-state index >= 15 is 0 Å². The fourth-order valence-electron chi connectivity index (χ4n) is 2.33. The third kappa shape index (κ3) is 3.09. The van der Waals surface area contributed by atoms with Gasteiger partial charge in [-0.25, -0.2) is 0 Å². The van der Waals surface area contributed by atoms with E-state index in [4.69, 9.17) is 15.0 Å². The van der Waals surface area contributed by atoms with E-state index in [1.165, 1.54) is 0 Å². The molecule has 112 valence electrons. The van der Waals surface area contributed by atoms with Crippen LogP contribution in [0, 0.1) is 0 Å². The van der Waals surface area contributed by atoms with Crippen molar-refractivity contribution < 1.29 is 9.26 Å². The minimum Gasteiger partial charge on any atom is -0.398 e. The molecule has 1 fully saturated rings. The maximum Gasteiger partial charge on any atom is 0.260 e. The molecule has 0 spiro atoms. The van der Waals surface area contributed by atoms with Gasteiger partial charge in [0.15, 0.2) is 0 Å². The second kappa shape index (κ2) is 6.13. The lowest BCUT2D eigenvalue weighted by Crippen LogP contribution is -2.38. The van der Waals surface area contributed by atoms with Crippen molar-refractivity contribution in [2.24, 2.45) is 0 Å². The number of nitrogen functional groups attached to an aromatic ring is 1. The van der Waals surface area contributed by atoms with E-state index in [1.807, 2.05) is 12.1 Å². The summed E-state index contributed by atoms with van der Waals surface area (Å²) in [5.41, 5.74) is 7.30. The molecule has 1 atom stereocenters. The van der Waals surface area contributed by atoms with Crippen molar-refractivity contribution in [2.45, 2.75) is 13.0 Å². The predicted octanol–water partition coefficient (Wildman–Crippen LogP) is 2.47. The number of aromatic nitrogens is 2. The molecule has 0 radical (unpaired) electrons. The summed E-state index contributed by atoms with van der Waals surface area (Å²) in [5, 5.41) is 4.05. The Bertz CT molecular complexity index is 631. The summed E-state index contributed by atoms with van der Waals surface area (Å²) >= 11 is 3.42. The highest BCUT2D eigenvalue weighted by atomic mass is 79.9. The summed E-state index contributed by atoms with van der Waals surface area (Å²) in [7, 11) is 0. The van der Waals surface area contributed by atoms with Crippen molar-refractivity contribution >= 4 is 21.6 Å². The van der Waals surface area contributed by atoms with E-state index < -0.39 is 0 Å². The van der Waals surface area contributed by atoms with Crippen LogP contribution in [0.25, 0.3) is 11.5 Å². The van der Waals surface area contributed by atoms with Crippen molar-refractivity contribution in [3.8, 4) is 11.5 Å². The van der Waals surface area contributed by atoms with Gasteiger partial charge in [-0.05, 0) is 24.7 Å². The van der Waals surface area contributed by atoms with Gasteiger partial charge in [0.2, 0.25) is 5.82 Å². The highest BCUT2D eigenvalue weighted by Crippen LogP contribution is 2.29. The van der Waals surface area contributed by atoms with Gasteiger partial charge < -0.3 is 15.0 Å². The molecule has 1 saturated heterocycles. The van der Waals surface area contributed by atoms with Gasteiger partial charge in [-0.1, -0.05) is 28.0 Å². The van der Waals surface area contributed by atoms with Crippen LogP contribution < -0.4 is 5.73 Å². The first kappa shape index (κ1) is 14.5. The van der Waals surface area contributed by atoms with Crippen LogP contribution >= 0.6 is 15.9 Å². The average Bonchev–Trinajstić information content (AvgIpc) is 2.99. The highest BCUT2D eigenvalue weighted by Gasteiger charge is 2.26. The van der Waals surface area contributed by atoms with Crippen LogP contribution in [0.5, 0.6) is 0 Å². The van der Waals surface area contributed by atoms with Gasteiger partial charge in [0.1, 0.15) is 6.10 Å². The van der Waals surface area contributed by atoms with Gasteiger partial charge in [-0.3, -0.25) is 4.90 Å². The number of morpholine rings is 1. The minimum absolute atomic E-state index is 0.149. The van der Waals surface area contributed by atoms with Crippen molar-refractivity contribution in [2.75, 3.05) is 32.0 Å². The third-order valence-electron chi connectivity index (χ3n) is 3.57. The number of anilines is 1. The Morgan fingerprint density at radius 1 is 1.48 bits per heavy atom. The van der Waals surface area contributed by atoms with Crippen LogP contribution in [0.3, 0.4) is 0 Å². The average molecular weight is 353 g/mol. The number of ether oxygens (including phenoxy) is 1. The monoisotopic (exact) mass is 352 g/mol. The number of hydrogen-bond acceptors (Lipinski definition) is 6. The van der Waals surface area contributed by atoms with Crippen molar-refractivity contribution in [1.82, 2.24) is 15.0 Å². The Hall–Kier alpha value is -1.44. The number of nitrogens with two attached hydrogens (primary N) is 1. The zero-order valence-electron chi connectivity index (χ0n) is 11.8. The molecule has 1 aliphatic rings. The summed E-state index contributed by atoms with van der Waals surface area (Å²) < 4.78 is 12.0. The quantitative estimate of drug-likeness (QED) is 0.855. The largest absolute Gasteiger partial charge is 0.398 e. The molecule has 1 unspecified atom stereocenters. The fraction of sp³-hybridized carbons (Fsp3) is 0.429. The highest BCUT2D eigenvalue weighted by molar-refractivity contribution is 9.10. The molecule has 6 nitrogen and oxygen atoms in total. The minimum atomic E-state index is -0.149. The van der Waals surface area contributed by atoms with E-state index in [1.54, 1.807) is 6.07 Å². The van der Waals surface area contributed by atoms with Crippen LogP contribution in [0.1, 0.15) is 18.9 Å². The molecule has 1 aromatic heterocycles. The first-order valence-electron chi connectivity index (χ1n) is 6.90. The molecule has 2 N–H and O–H groups in total. The fourth-order valence-corrected chi connectivity index (χ4v) is 2.70. The van der Waals surface area contributed by atoms with E-state index in [-0.39, 0.29) is 6.10 Å². The summed E-state index contributed by atoms with van der Waals surface area (Å²) in [6.45, 7) is 5.52. The molecule has 0 aliphatic carbocycles. The first-order valence-corrected chi connectivity index (χ1v) is 7.69. The molecule has 0 saturated carbocycles. The lowest BCUT2D eigenvalue weighted by atomic mass is 10.2. The van der Waals surface area contributed by atoms with Crippen molar-refractivity contribution in [3.63, 3.8) is 0 Å². The predicted molar refractivity (Wildman–Crippen MR) is 82.7 cm³/mol. The van der Waals surface area contributed by atoms with Gasteiger partial charge in [0.05, 0.1) is 12.2 Å². The van der Waals surface area contributed by atoms with E-state index in [9.17, 15) is 0 Å². The number of nitrogens with zero attached hydrogens (tertiary/aromatic N) is 3. The zero-order chi connectivity index (χ0) is 14.8. The second-order valence-corrected chi connectivity index (χ2v) is 5.86.